The molecular formula is C23H29N3O3. The van der Waals surface area contributed by atoms with Crippen molar-refractivity contribution < 1.29 is 14.3 Å². The van der Waals surface area contributed by atoms with Crippen LogP contribution in [0.25, 0.3) is 0 Å². The number of benzene rings is 2. The molecule has 0 atom stereocenters. The molecular weight excluding hydrogens is 366 g/mol. The lowest BCUT2D eigenvalue weighted by atomic mass is 10.2. The van der Waals surface area contributed by atoms with Crippen molar-refractivity contribution in [2.45, 2.75) is 20.0 Å². The zero-order chi connectivity index (χ0) is 20.5. The van der Waals surface area contributed by atoms with Crippen LogP contribution in [0.2, 0.25) is 0 Å². The van der Waals surface area contributed by atoms with Gasteiger partial charge in [0.25, 0.3) is 5.91 Å². The number of ether oxygens (including phenoxy) is 1. The van der Waals surface area contributed by atoms with Crippen molar-refractivity contribution in [2.75, 3.05) is 39.3 Å². The molecule has 2 amide bonds. The number of hydrogen-bond donors (Lipinski definition) is 1. The van der Waals surface area contributed by atoms with Gasteiger partial charge in [0.2, 0.25) is 5.91 Å². The first kappa shape index (κ1) is 20.9. The highest BCUT2D eigenvalue weighted by Crippen LogP contribution is 2.16. The second-order valence-corrected chi connectivity index (χ2v) is 7.17. The van der Waals surface area contributed by atoms with E-state index in [2.05, 4.69) is 10.2 Å². The van der Waals surface area contributed by atoms with Crippen molar-refractivity contribution in [1.29, 1.82) is 0 Å². The van der Waals surface area contributed by atoms with Crippen molar-refractivity contribution in [1.82, 2.24) is 15.1 Å². The SMILES string of the molecule is CCNC(=O)CN1CCCN(C(=O)c2ccc(OCc3ccccc3)cc2)CC1. The Balaban J connectivity index is 1.51. The fourth-order valence-electron chi connectivity index (χ4n) is 3.41. The zero-order valence-corrected chi connectivity index (χ0v) is 17.0. The van der Waals surface area contributed by atoms with Gasteiger partial charge in [0.15, 0.2) is 0 Å². The molecule has 2 aromatic carbocycles. The molecule has 6 nitrogen and oxygen atoms in total. The van der Waals surface area contributed by atoms with Crippen molar-refractivity contribution in [3.63, 3.8) is 0 Å². The summed E-state index contributed by atoms with van der Waals surface area (Å²) >= 11 is 0. The Morgan fingerprint density at radius 1 is 0.966 bits per heavy atom. The first-order chi connectivity index (χ1) is 14.2. The maximum Gasteiger partial charge on any atom is 0.253 e. The molecule has 0 radical (unpaired) electrons. The zero-order valence-electron chi connectivity index (χ0n) is 17.0. The number of amides is 2. The predicted molar refractivity (Wildman–Crippen MR) is 113 cm³/mol. The van der Waals surface area contributed by atoms with Crippen LogP contribution in [0.5, 0.6) is 5.75 Å². The normalized spacial score (nSPS) is 14.9. The van der Waals surface area contributed by atoms with Crippen LogP contribution in [0.1, 0.15) is 29.3 Å². The van der Waals surface area contributed by atoms with Gasteiger partial charge in [-0.05, 0) is 43.2 Å². The minimum absolute atomic E-state index is 0.0273. The lowest BCUT2D eigenvalue weighted by molar-refractivity contribution is -0.122. The van der Waals surface area contributed by atoms with Crippen LogP contribution < -0.4 is 10.1 Å². The number of carbonyl (C=O) groups is 2. The van der Waals surface area contributed by atoms with Gasteiger partial charge in [-0.25, -0.2) is 0 Å². The largest absolute Gasteiger partial charge is 0.489 e. The van der Waals surface area contributed by atoms with E-state index >= 15 is 0 Å². The van der Waals surface area contributed by atoms with E-state index in [0.717, 1.165) is 24.3 Å². The van der Waals surface area contributed by atoms with Crippen molar-refractivity contribution in [3.8, 4) is 5.75 Å². The lowest BCUT2D eigenvalue weighted by Gasteiger charge is -2.22. The first-order valence-electron chi connectivity index (χ1n) is 10.2. The highest BCUT2D eigenvalue weighted by atomic mass is 16.5. The van der Waals surface area contributed by atoms with Crippen molar-refractivity contribution in [2.24, 2.45) is 0 Å². The maximum atomic E-state index is 12.9. The second kappa shape index (κ2) is 10.6. The van der Waals surface area contributed by atoms with E-state index in [4.69, 9.17) is 4.74 Å². The molecule has 6 heteroatoms. The van der Waals surface area contributed by atoms with Gasteiger partial charge in [-0.15, -0.1) is 0 Å². The molecule has 29 heavy (non-hydrogen) atoms. The van der Waals surface area contributed by atoms with Gasteiger partial charge in [0, 0.05) is 38.3 Å². The summed E-state index contributed by atoms with van der Waals surface area (Å²) in [5.74, 6) is 0.812. The topological polar surface area (TPSA) is 61.9 Å². The van der Waals surface area contributed by atoms with Gasteiger partial charge in [-0.3, -0.25) is 14.5 Å². The summed E-state index contributed by atoms with van der Waals surface area (Å²) in [6, 6.07) is 17.3. The summed E-state index contributed by atoms with van der Waals surface area (Å²) in [7, 11) is 0. The van der Waals surface area contributed by atoms with Crippen LogP contribution >= 0.6 is 0 Å². The number of nitrogens with one attached hydrogen (secondary N) is 1. The third kappa shape index (κ3) is 6.32. The number of hydrogen-bond acceptors (Lipinski definition) is 4. The third-order valence-electron chi connectivity index (χ3n) is 4.97. The molecule has 1 aliphatic rings. The highest BCUT2D eigenvalue weighted by Gasteiger charge is 2.21. The Kier molecular flexibility index (Phi) is 7.64. The van der Waals surface area contributed by atoms with E-state index in [0.29, 0.717) is 44.9 Å². The fourth-order valence-corrected chi connectivity index (χ4v) is 3.41. The molecule has 0 spiro atoms. The second-order valence-electron chi connectivity index (χ2n) is 7.17. The van der Waals surface area contributed by atoms with Gasteiger partial charge in [0.05, 0.1) is 6.54 Å². The summed E-state index contributed by atoms with van der Waals surface area (Å²) in [5.41, 5.74) is 1.77. The van der Waals surface area contributed by atoms with Crippen LogP contribution in [0.3, 0.4) is 0 Å². The van der Waals surface area contributed by atoms with Gasteiger partial charge in [-0.1, -0.05) is 30.3 Å². The van der Waals surface area contributed by atoms with Gasteiger partial charge < -0.3 is 15.0 Å². The summed E-state index contributed by atoms with van der Waals surface area (Å²) < 4.78 is 5.79. The maximum absolute atomic E-state index is 12.9. The molecule has 0 aliphatic carbocycles. The van der Waals surface area contributed by atoms with Gasteiger partial charge >= 0.3 is 0 Å². The highest BCUT2D eigenvalue weighted by molar-refractivity contribution is 5.94. The summed E-state index contributed by atoms with van der Waals surface area (Å²) in [6.45, 7) is 6.32. The number of nitrogens with zero attached hydrogens (tertiary/aromatic N) is 2. The molecule has 0 aromatic heterocycles. The fraction of sp³-hybridized carbons (Fsp3) is 0.391. The Morgan fingerprint density at radius 2 is 1.72 bits per heavy atom. The van der Waals surface area contributed by atoms with E-state index < -0.39 is 0 Å². The van der Waals surface area contributed by atoms with Gasteiger partial charge in [-0.2, -0.15) is 0 Å². The van der Waals surface area contributed by atoms with E-state index in [1.807, 2.05) is 66.4 Å². The van der Waals surface area contributed by atoms with Gasteiger partial charge in [0.1, 0.15) is 12.4 Å². The first-order valence-corrected chi connectivity index (χ1v) is 10.2. The van der Waals surface area contributed by atoms with E-state index in [1.54, 1.807) is 0 Å². The quantitative estimate of drug-likeness (QED) is 0.783. The van der Waals surface area contributed by atoms with Crippen LogP contribution in [0.15, 0.2) is 54.6 Å². The number of likely N-dealkylation sites (N-methyl/N-ethyl adjacent to an activating group) is 1. The molecule has 0 unspecified atom stereocenters. The smallest absolute Gasteiger partial charge is 0.253 e. The summed E-state index contributed by atoms with van der Waals surface area (Å²) in [6.07, 6.45) is 0.864. The van der Waals surface area contributed by atoms with Crippen LogP contribution in [0.4, 0.5) is 0 Å². The molecule has 154 valence electrons. The van der Waals surface area contributed by atoms with E-state index in [1.165, 1.54) is 0 Å². The lowest BCUT2D eigenvalue weighted by Crippen LogP contribution is -2.40. The molecule has 1 saturated heterocycles. The Bertz CT molecular complexity index is 793. The molecule has 1 aliphatic heterocycles. The average Bonchev–Trinajstić information content (AvgIpc) is 2.98. The van der Waals surface area contributed by atoms with E-state index in [-0.39, 0.29) is 11.8 Å². The minimum Gasteiger partial charge on any atom is -0.489 e. The van der Waals surface area contributed by atoms with Crippen molar-refractivity contribution >= 4 is 11.8 Å². The van der Waals surface area contributed by atoms with Crippen molar-refractivity contribution in [3.05, 3.63) is 65.7 Å². The Labute approximate surface area is 172 Å². The molecule has 3 rings (SSSR count). The standard InChI is InChI=1S/C23H29N3O3/c1-2-24-22(27)17-25-13-6-14-26(16-15-25)23(28)20-9-11-21(12-10-20)29-18-19-7-4-3-5-8-19/h3-5,7-12H,2,6,13-18H2,1H3,(H,24,27). The number of carbonyl (C=O) groups excluding carboxylic acids is 2. The Hall–Kier alpha value is -2.86. The molecule has 0 saturated carbocycles. The molecule has 0 bridgehead atoms. The summed E-state index contributed by atoms with van der Waals surface area (Å²) in [4.78, 5) is 28.6. The molecule has 1 N–H and O–H groups in total. The van der Waals surface area contributed by atoms with Crippen LogP contribution in [-0.4, -0.2) is 60.9 Å². The molecule has 2 aromatic rings. The summed E-state index contributed by atoms with van der Waals surface area (Å²) in [5, 5.41) is 2.83. The monoisotopic (exact) mass is 395 g/mol. The third-order valence-corrected chi connectivity index (χ3v) is 4.97. The van der Waals surface area contributed by atoms with Crippen LogP contribution in [0, 0.1) is 0 Å². The van der Waals surface area contributed by atoms with Crippen LogP contribution in [-0.2, 0) is 11.4 Å². The molecule has 1 heterocycles. The van der Waals surface area contributed by atoms with E-state index in [9.17, 15) is 9.59 Å². The predicted octanol–water partition coefficient (Wildman–Crippen LogP) is 2.55. The number of rotatable bonds is 7. The average molecular weight is 396 g/mol. The Morgan fingerprint density at radius 3 is 2.45 bits per heavy atom. The minimum atomic E-state index is 0.0273. The molecule has 1 fully saturated rings.